The fraction of sp³-hybridized carbons (Fsp3) is 0.692. The van der Waals surface area contributed by atoms with Crippen LogP contribution in [0.1, 0.15) is 33.1 Å². The normalized spacial score (nSPS) is 21.6. The summed E-state index contributed by atoms with van der Waals surface area (Å²) in [6.07, 6.45) is 7.21. The van der Waals surface area contributed by atoms with Gasteiger partial charge in [0.1, 0.15) is 11.6 Å². The van der Waals surface area contributed by atoms with E-state index in [-0.39, 0.29) is 0 Å². The van der Waals surface area contributed by atoms with Gasteiger partial charge in [0.15, 0.2) is 0 Å². The van der Waals surface area contributed by atoms with E-state index in [9.17, 15) is 0 Å². The molecule has 2 rings (SSSR count). The molecule has 0 aromatic carbocycles. The number of aromatic nitrogens is 2. The topological polar surface area (TPSA) is 55.0 Å². The first-order valence-electron chi connectivity index (χ1n) is 6.49. The van der Waals surface area contributed by atoms with Gasteiger partial charge >= 0.3 is 0 Å². The number of nitrogens with two attached hydrogens (primary N) is 1. The number of nitrogen functional groups attached to an aromatic ring is 1. The number of hydrogen-bond donors (Lipinski definition) is 1. The lowest BCUT2D eigenvalue weighted by molar-refractivity contribution is 0.351. The van der Waals surface area contributed by atoms with Gasteiger partial charge in [0, 0.05) is 13.1 Å². The van der Waals surface area contributed by atoms with Crippen LogP contribution in [0.15, 0.2) is 12.4 Å². The summed E-state index contributed by atoms with van der Waals surface area (Å²) in [5.41, 5.74) is 5.68. The first-order valence-corrected chi connectivity index (χ1v) is 6.49. The van der Waals surface area contributed by atoms with Gasteiger partial charge in [-0.25, -0.2) is 4.98 Å². The van der Waals surface area contributed by atoms with Gasteiger partial charge in [0.05, 0.1) is 12.4 Å². The summed E-state index contributed by atoms with van der Waals surface area (Å²) >= 11 is 0. The lowest BCUT2D eigenvalue weighted by Crippen LogP contribution is -2.25. The van der Waals surface area contributed by atoms with Gasteiger partial charge in [-0.1, -0.05) is 13.8 Å². The molecule has 1 aromatic rings. The highest BCUT2D eigenvalue weighted by Gasteiger charge is 2.20. The number of hydrogen-bond acceptors (Lipinski definition) is 4. The third-order valence-electron chi connectivity index (χ3n) is 3.68. The Kier molecular flexibility index (Phi) is 3.82. The van der Waals surface area contributed by atoms with Crippen molar-refractivity contribution in [1.29, 1.82) is 0 Å². The molecule has 4 nitrogen and oxygen atoms in total. The summed E-state index contributed by atoms with van der Waals surface area (Å²) in [4.78, 5) is 10.8. The predicted octanol–water partition coefficient (Wildman–Crippen LogP) is 2.32. The van der Waals surface area contributed by atoms with Crippen LogP contribution in [-0.4, -0.2) is 23.1 Å². The second-order valence-corrected chi connectivity index (χ2v) is 5.22. The molecule has 0 bridgehead atoms. The molecule has 0 aliphatic carbocycles. The molecule has 1 atom stereocenters. The quantitative estimate of drug-likeness (QED) is 0.853. The Morgan fingerprint density at radius 3 is 2.82 bits per heavy atom. The molecule has 2 N–H and O–H groups in total. The highest BCUT2D eigenvalue weighted by Crippen LogP contribution is 2.26. The van der Waals surface area contributed by atoms with E-state index in [2.05, 4.69) is 28.7 Å². The maximum Gasteiger partial charge on any atom is 0.149 e. The van der Waals surface area contributed by atoms with Gasteiger partial charge in [-0.3, -0.25) is 4.98 Å². The summed E-state index contributed by atoms with van der Waals surface area (Å²) < 4.78 is 0. The Hall–Kier alpha value is -1.32. The second kappa shape index (κ2) is 5.34. The van der Waals surface area contributed by atoms with Crippen LogP contribution < -0.4 is 10.6 Å². The Morgan fingerprint density at radius 1 is 1.29 bits per heavy atom. The zero-order chi connectivity index (χ0) is 12.3. The van der Waals surface area contributed by atoms with E-state index in [4.69, 9.17) is 5.73 Å². The summed E-state index contributed by atoms with van der Waals surface area (Å²) in [6.45, 7) is 6.78. The van der Waals surface area contributed by atoms with Crippen molar-refractivity contribution in [1.82, 2.24) is 9.97 Å². The molecule has 1 aliphatic rings. The van der Waals surface area contributed by atoms with Crippen molar-refractivity contribution in [2.75, 3.05) is 23.7 Å². The number of anilines is 2. The molecule has 1 saturated heterocycles. The van der Waals surface area contributed by atoms with Gasteiger partial charge < -0.3 is 10.6 Å². The van der Waals surface area contributed by atoms with E-state index in [0.29, 0.717) is 5.82 Å². The fourth-order valence-corrected chi connectivity index (χ4v) is 2.54. The predicted molar refractivity (Wildman–Crippen MR) is 70.8 cm³/mol. The zero-order valence-electron chi connectivity index (χ0n) is 10.8. The summed E-state index contributed by atoms with van der Waals surface area (Å²) in [6, 6.07) is 0. The molecule has 2 heterocycles. The largest absolute Gasteiger partial charge is 0.382 e. The minimum absolute atomic E-state index is 0.507. The average molecular weight is 234 g/mol. The van der Waals surface area contributed by atoms with Gasteiger partial charge in [-0.15, -0.1) is 0 Å². The van der Waals surface area contributed by atoms with E-state index in [1.807, 2.05) is 6.20 Å². The molecule has 0 spiro atoms. The van der Waals surface area contributed by atoms with Crippen LogP contribution in [0.2, 0.25) is 0 Å². The van der Waals surface area contributed by atoms with Crippen molar-refractivity contribution in [3.05, 3.63) is 12.4 Å². The highest BCUT2D eigenvalue weighted by molar-refractivity contribution is 5.41. The Balaban J connectivity index is 2.04. The van der Waals surface area contributed by atoms with Crippen molar-refractivity contribution in [2.24, 2.45) is 11.8 Å². The number of rotatable bonds is 2. The highest BCUT2D eigenvalue weighted by atomic mass is 15.2. The van der Waals surface area contributed by atoms with Crippen molar-refractivity contribution in [3.63, 3.8) is 0 Å². The van der Waals surface area contributed by atoms with Crippen LogP contribution in [0.25, 0.3) is 0 Å². The van der Waals surface area contributed by atoms with E-state index >= 15 is 0 Å². The van der Waals surface area contributed by atoms with Crippen LogP contribution >= 0.6 is 0 Å². The van der Waals surface area contributed by atoms with Gasteiger partial charge in [0.2, 0.25) is 0 Å². The molecule has 1 fully saturated rings. The van der Waals surface area contributed by atoms with Gasteiger partial charge in [-0.05, 0) is 31.1 Å². The Labute approximate surface area is 103 Å². The van der Waals surface area contributed by atoms with Crippen LogP contribution in [0.4, 0.5) is 11.6 Å². The van der Waals surface area contributed by atoms with Crippen LogP contribution in [-0.2, 0) is 0 Å². The molecule has 4 heteroatoms. The molecule has 17 heavy (non-hydrogen) atoms. The first-order chi connectivity index (χ1) is 8.16. The van der Waals surface area contributed by atoms with E-state index < -0.39 is 0 Å². The lowest BCUT2D eigenvalue weighted by atomic mass is 9.89. The molecule has 0 radical (unpaired) electrons. The monoisotopic (exact) mass is 234 g/mol. The lowest BCUT2D eigenvalue weighted by Gasteiger charge is -2.22. The van der Waals surface area contributed by atoms with Crippen LogP contribution in [0, 0.1) is 11.8 Å². The fourth-order valence-electron chi connectivity index (χ4n) is 2.54. The molecule has 1 unspecified atom stereocenters. The minimum atomic E-state index is 0.507. The maximum absolute atomic E-state index is 5.68. The average Bonchev–Trinajstić information content (AvgIpc) is 2.54. The molecule has 1 aliphatic heterocycles. The Morgan fingerprint density at radius 2 is 2.12 bits per heavy atom. The van der Waals surface area contributed by atoms with Crippen LogP contribution in [0.3, 0.4) is 0 Å². The number of nitrogens with zero attached hydrogens (tertiary/aromatic N) is 3. The molecule has 0 amide bonds. The molecular weight excluding hydrogens is 212 g/mol. The Bertz CT molecular complexity index is 364. The van der Waals surface area contributed by atoms with Gasteiger partial charge in [-0.2, -0.15) is 0 Å². The van der Waals surface area contributed by atoms with Crippen molar-refractivity contribution in [3.8, 4) is 0 Å². The molecule has 0 saturated carbocycles. The van der Waals surface area contributed by atoms with Crippen molar-refractivity contribution in [2.45, 2.75) is 33.1 Å². The zero-order valence-corrected chi connectivity index (χ0v) is 10.8. The van der Waals surface area contributed by atoms with E-state index in [0.717, 1.165) is 30.7 Å². The summed E-state index contributed by atoms with van der Waals surface area (Å²) in [7, 11) is 0. The van der Waals surface area contributed by atoms with E-state index in [1.165, 1.54) is 19.3 Å². The van der Waals surface area contributed by atoms with Gasteiger partial charge in [0.25, 0.3) is 0 Å². The molecule has 94 valence electrons. The summed E-state index contributed by atoms with van der Waals surface area (Å²) in [5.74, 6) is 3.05. The third kappa shape index (κ3) is 3.08. The van der Waals surface area contributed by atoms with Crippen molar-refractivity contribution < 1.29 is 0 Å². The van der Waals surface area contributed by atoms with Crippen LogP contribution in [0.5, 0.6) is 0 Å². The standard InChI is InChI=1S/C13H22N4/c1-10(2)11-4-3-6-17(7-5-11)13-9-15-8-12(14)16-13/h8-11H,3-7H2,1-2H3,(H2,14,16). The first kappa shape index (κ1) is 12.1. The smallest absolute Gasteiger partial charge is 0.149 e. The third-order valence-corrected chi connectivity index (χ3v) is 3.68. The molecule has 1 aromatic heterocycles. The van der Waals surface area contributed by atoms with Crippen molar-refractivity contribution >= 4 is 11.6 Å². The SMILES string of the molecule is CC(C)C1CCCN(c2cncc(N)n2)CC1. The molecular formula is C13H22N4. The van der Waals surface area contributed by atoms with E-state index in [1.54, 1.807) is 6.20 Å². The second-order valence-electron chi connectivity index (χ2n) is 5.22. The minimum Gasteiger partial charge on any atom is -0.382 e. The summed E-state index contributed by atoms with van der Waals surface area (Å²) in [5, 5.41) is 0. The maximum atomic E-state index is 5.68.